The van der Waals surface area contributed by atoms with Crippen molar-refractivity contribution in [3.8, 4) is 0 Å². The van der Waals surface area contributed by atoms with Crippen LogP contribution in [0.3, 0.4) is 0 Å². The number of carboxylic acids is 1. The number of nitrogen functional groups attached to an aromatic ring is 1. The Morgan fingerprint density at radius 3 is 2.67 bits per heavy atom. The Labute approximate surface area is 103 Å². The van der Waals surface area contributed by atoms with E-state index in [1.165, 1.54) is 6.07 Å². The van der Waals surface area contributed by atoms with Gasteiger partial charge in [-0.2, -0.15) is 0 Å². The van der Waals surface area contributed by atoms with Crippen LogP contribution < -0.4 is 11.1 Å². The maximum Gasteiger partial charge on any atom is 0.311 e. The van der Waals surface area contributed by atoms with Gasteiger partial charge in [0.05, 0.1) is 11.0 Å². The maximum atomic E-state index is 13.0. The van der Waals surface area contributed by atoms with Crippen LogP contribution in [0.1, 0.15) is 23.2 Å². The number of hydrogen-bond donors (Lipinski definition) is 3. The van der Waals surface area contributed by atoms with Gasteiger partial charge in [-0.1, -0.05) is 0 Å². The summed E-state index contributed by atoms with van der Waals surface area (Å²) in [7, 11) is 0. The van der Waals surface area contributed by atoms with Crippen LogP contribution in [0.4, 0.5) is 10.1 Å². The zero-order valence-corrected chi connectivity index (χ0v) is 9.57. The van der Waals surface area contributed by atoms with E-state index < -0.39 is 23.1 Å². The van der Waals surface area contributed by atoms with Crippen LogP contribution in [-0.4, -0.2) is 23.5 Å². The first-order valence-corrected chi connectivity index (χ1v) is 5.51. The van der Waals surface area contributed by atoms with E-state index >= 15 is 0 Å². The standard InChI is InChI=1S/C12H13FN2O3/c13-7-1-2-9(14)8(5-7)10(16)15-6-12(3-4-12)11(17)18/h1-2,5H,3-4,6,14H2,(H,15,16)(H,17,18). The second kappa shape index (κ2) is 4.29. The third kappa shape index (κ3) is 2.27. The number of carbonyl (C=O) groups excluding carboxylic acids is 1. The molecule has 1 amide bonds. The van der Waals surface area contributed by atoms with E-state index in [9.17, 15) is 14.0 Å². The minimum atomic E-state index is -0.921. The van der Waals surface area contributed by atoms with Gasteiger partial charge < -0.3 is 16.2 Å². The molecule has 0 saturated heterocycles. The van der Waals surface area contributed by atoms with Gasteiger partial charge in [-0.05, 0) is 31.0 Å². The highest BCUT2D eigenvalue weighted by molar-refractivity contribution is 5.99. The molecule has 0 spiro atoms. The summed E-state index contributed by atoms with van der Waals surface area (Å²) in [4.78, 5) is 22.7. The van der Waals surface area contributed by atoms with Crippen molar-refractivity contribution in [3.05, 3.63) is 29.6 Å². The molecule has 1 aliphatic rings. The molecule has 0 aliphatic heterocycles. The molecule has 96 valence electrons. The van der Waals surface area contributed by atoms with Crippen LogP contribution in [0.25, 0.3) is 0 Å². The Balaban J connectivity index is 2.04. The summed E-state index contributed by atoms with van der Waals surface area (Å²) in [5.41, 5.74) is 4.90. The SMILES string of the molecule is Nc1ccc(F)cc1C(=O)NCC1(C(=O)O)CC1. The fraction of sp³-hybridized carbons (Fsp3) is 0.333. The normalized spacial score (nSPS) is 16.1. The van der Waals surface area contributed by atoms with E-state index in [1.54, 1.807) is 0 Å². The zero-order chi connectivity index (χ0) is 13.3. The smallest absolute Gasteiger partial charge is 0.311 e. The summed E-state index contributed by atoms with van der Waals surface area (Å²) in [6.07, 6.45) is 1.09. The first-order valence-electron chi connectivity index (χ1n) is 5.51. The Hall–Kier alpha value is -2.11. The van der Waals surface area contributed by atoms with E-state index in [2.05, 4.69) is 5.32 Å². The lowest BCUT2D eigenvalue weighted by molar-refractivity contribution is -0.143. The minimum Gasteiger partial charge on any atom is -0.481 e. The number of amides is 1. The minimum absolute atomic E-state index is 0.0242. The van der Waals surface area contributed by atoms with Crippen molar-refractivity contribution >= 4 is 17.6 Å². The maximum absolute atomic E-state index is 13.0. The lowest BCUT2D eigenvalue weighted by Gasteiger charge is -2.12. The van der Waals surface area contributed by atoms with Gasteiger partial charge in [0.15, 0.2) is 0 Å². The van der Waals surface area contributed by atoms with Gasteiger partial charge in [0.1, 0.15) is 5.82 Å². The van der Waals surface area contributed by atoms with Crippen molar-refractivity contribution in [1.82, 2.24) is 5.32 Å². The molecule has 1 fully saturated rings. The van der Waals surface area contributed by atoms with Gasteiger partial charge in [0.25, 0.3) is 5.91 Å². The quantitative estimate of drug-likeness (QED) is 0.697. The second-order valence-corrected chi connectivity index (χ2v) is 4.50. The number of anilines is 1. The fourth-order valence-corrected chi connectivity index (χ4v) is 1.69. The number of rotatable bonds is 4. The molecular weight excluding hydrogens is 239 g/mol. The molecule has 1 aromatic rings. The molecular formula is C12H13FN2O3. The van der Waals surface area contributed by atoms with Crippen molar-refractivity contribution in [1.29, 1.82) is 0 Å². The summed E-state index contributed by atoms with van der Waals surface area (Å²) in [6.45, 7) is 0.0388. The van der Waals surface area contributed by atoms with Gasteiger partial charge in [0.2, 0.25) is 0 Å². The number of halogens is 1. The number of benzene rings is 1. The molecule has 5 nitrogen and oxygen atoms in total. The Bertz CT molecular complexity index is 512. The first-order chi connectivity index (χ1) is 8.44. The number of aliphatic carboxylic acids is 1. The predicted octanol–water partition coefficient (Wildman–Crippen LogP) is 1.00. The Morgan fingerprint density at radius 2 is 2.11 bits per heavy atom. The van der Waals surface area contributed by atoms with Crippen molar-refractivity contribution in [2.45, 2.75) is 12.8 Å². The number of carboxylic acid groups (broad SMARTS) is 1. The summed E-state index contributed by atoms with van der Waals surface area (Å²) in [5.74, 6) is -2.04. The number of nitrogens with one attached hydrogen (secondary N) is 1. The topological polar surface area (TPSA) is 92.4 Å². The third-order valence-corrected chi connectivity index (χ3v) is 3.15. The summed E-state index contributed by atoms with van der Waals surface area (Å²) in [5, 5.41) is 11.4. The third-order valence-electron chi connectivity index (χ3n) is 3.15. The van der Waals surface area contributed by atoms with Crippen LogP contribution in [0.15, 0.2) is 18.2 Å². The molecule has 0 atom stereocenters. The molecule has 0 unspecified atom stereocenters. The van der Waals surface area contributed by atoms with Gasteiger partial charge in [-0.3, -0.25) is 9.59 Å². The Morgan fingerprint density at radius 1 is 1.44 bits per heavy atom. The molecule has 0 heterocycles. The van der Waals surface area contributed by atoms with E-state index in [0.29, 0.717) is 12.8 Å². The average Bonchev–Trinajstić information content (AvgIpc) is 3.10. The van der Waals surface area contributed by atoms with Gasteiger partial charge in [-0.15, -0.1) is 0 Å². The molecule has 1 aromatic carbocycles. The summed E-state index contributed by atoms with van der Waals surface area (Å²) in [6, 6.07) is 3.49. The highest BCUT2D eigenvalue weighted by Gasteiger charge is 2.50. The predicted molar refractivity (Wildman–Crippen MR) is 62.4 cm³/mol. The van der Waals surface area contributed by atoms with Crippen molar-refractivity contribution < 1.29 is 19.1 Å². The van der Waals surface area contributed by atoms with Gasteiger partial charge in [-0.25, -0.2) is 4.39 Å². The highest BCUT2D eigenvalue weighted by atomic mass is 19.1. The van der Waals surface area contributed by atoms with Crippen LogP contribution in [-0.2, 0) is 4.79 Å². The summed E-state index contributed by atoms with van der Waals surface area (Å²) >= 11 is 0. The largest absolute Gasteiger partial charge is 0.481 e. The van der Waals surface area contributed by atoms with Crippen molar-refractivity contribution in [3.63, 3.8) is 0 Å². The van der Waals surface area contributed by atoms with E-state index in [4.69, 9.17) is 10.8 Å². The van der Waals surface area contributed by atoms with E-state index in [-0.39, 0.29) is 17.8 Å². The fourth-order valence-electron chi connectivity index (χ4n) is 1.69. The molecule has 18 heavy (non-hydrogen) atoms. The average molecular weight is 252 g/mol. The number of carbonyl (C=O) groups is 2. The highest BCUT2D eigenvalue weighted by Crippen LogP contribution is 2.45. The van der Waals surface area contributed by atoms with Crippen molar-refractivity contribution in [2.75, 3.05) is 12.3 Å². The van der Waals surface area contributed by atoms with Crippen LogP contribution >= 0.6 is 0 Å². The molecule has 1 saturated carbocycles. The zero-order valence-electron chi connectivity index (χ0n) is 9.57. The first kappa shape index (κ1) is 12.3. The van der Waals surface area contributed by atoms with Gasteiger partial charge in [0, 0.05) is 12.2 Å². The van der Waals surface area contributed by atoms with Crippen LogP contribution in [0.5, 0.6) is 0 Å². The molecule has 0 bridgehead atoms. The van der Waals surface area contributed by atoms with E-state index in [0.717, 1.165) is 12.1 Å². The number of hydrogen-bond acceptors (Lipinski definition) is 3. The van der Waals surface area contributed by atoms with Gasteiger partial charge >= 0.3 is 5.97 Å². The molecule has 6 heteroatoms. The van der Waals surface area contributed by atoms with E-state index in [1.807, 2.05) is 0 Å². The summed E-state index contributed by atoms with van der Waals surface area (Å²) < 4.78 is 13.0. The van der Waals surface area contributed by atoms with Crippen molar-refractivity contribution in [2.24, 2.45) is 5.41 Å². The monoisotopic (exact) mass is 252 g/mol. The second-order valence-electron chi connectivity index (χ2n) is 4.50. The molecule has 4 N–H and O–H groups in total. The molecule has 0 aromatic heterocycles. The molecule has 2 rings (SSSR count). The Kier molecular flexibility index (Phi) is 2.94. The lowest BCUT2D eigenvalue weighted by Crippen LogP contribution is -2.34. The van der Waals surface area contributed by atoms with Crippen LogP contribution in [0, 0.1) is 11.2 Å². The number of nitrogens with two attached hydrogens (primary N) is 1. The lowest BCUT2D eigenvalue weighted by atomic mass is 10.1. The molecule has 0 radical (unpaired) electrons. The molecule has 1 aliphatic carbocycles. The van der Waals surface area contributed by atoms with Crippen LogP contribution in [0.2, 0.25) is 0 Å².